The average Bonchev–Trinajstić information content (AvgIpc) is 2.07. The first-order valence-electron chi connectivity index (χ1n) is 3.87. The highest BCUT2D eigenvalue weighted by molar-refractivity contribution is 6.58. The summed E-state index contributed by atoms with van der Waals surface area (Å²) in [7, 11) is -1.61. The van der Waals surface area contributed by atoms with Crippen molar-refractivity contribution in [2.45, 2.75) is 6.42 Å². The Morgan fingerprint density at radius 3 is 2.57 bits per heavy atom. The van der Waals surface area contributed by atoms with Gasteiger partial charge in [-0.3, -0.25) is 4.79 Å². The smallest absolute Gasteiger partial charge is 0.481 e. The number of aliphatic carboxylic acids is 1. The Morgan fingerprint density at radius 2 is 2.07 bits per heavy atom. The zero-order valence-electron chi connectivity index (χ0n) is 7.14. The van der Waals surface area contributed by atoms with E-state index in [0.717, 1.165) is 0 Å². The number of rotatable bonds is 3. The van der Waals surface area contributed by atoms with Gasteiger partial charge < -0.3 is 15.2 Å². The van der Waals surface area contributed by atoms with Gasteiger partial charge in [0.1, 0.15) is 0 Å². The van der Waals surface area contributed by atoms with Crippen molar-refractivity contribution < 1.29 is 19.9 Å². The van der Waals surface area contributed by atoms with Crippen molar-refractivity contribution >= 4 is 30.2 Å². The average molecular weight is 214 g/mol. The quantitative estimate of drug-likeness (QED) is 0.601. The van der Waals surface area contributed by atoms with Crippen LogP contribution in [0.25, 0.3) is 0 Å². The van der Waals surface area contributed by atoms with Crippen LogP contribution in [0.15, 0.2) is 18.2 Å². The fraction of sp³-hybridized carbons (Fsp3) is 0.125. The number of benzene rings is 1. The summed E-state index contributed by atoms with van der Waals surface area (Å²) in [4.78, 5) is 10.4. The van der Waals surface area contributed by atoms with Gasteiger partial charge in [0.2, 0.25) is 0 Å². The van der Waals surface area contributed by atoms with Gasteiger partial charge in [0.05, 0.1) is 6.42 Å². The van der Waals surface area contributed by atoms with Gasteiger partial charge in [-0.05, 0) is 17.1 Å². The summed E-state index contributed by atoms with van der Waals surface area (Å²) in [5.74, 6) is -1.02. The van der Waals surface area contributed by atoms with Crippen molar-refractivity contribution in [2.75, 3.05) is 0 Å². The molecule has 0 spiro atoms. The maximum absolute atomic E-state index is 10.4. The molecule has 74 valence electrons. The van der Waals surface area contributed by atoms with Crippen LogP contribution < -0.4 is 5.46 Å². The van der Waals surface area contributed by atoms with E-state index in [4.69, 9.17) is 26.8 Å². The Morgan fingerprint density at radius 1 is 1.43 bits per heavy atom. The third kappa shape index (κ3) is 2.73. The molecule has 0 amide bonds. The lowest BCUT2D eigenvalue weighted by molar-refractivity contribution is -0.136. The maximum atomic E-state index is 10.4. The van der Waals surface area contributed by atoms with Crippen LogP contribution in [0.1, 0.15) is 5.56 Å². The Kier molecular flexibility index (Phi) is 3.52. The van der Waals surface area contributed by atoms with Crippen molar-refractivity contribution in [2.24, 2.45) is 0 Å². The van der Waals surface area contributed by atoms with Crippen LogP contribution in [-0.4, -0.2) is 28.2 Å². The SMILES string of the molecule is O=C(O)Cc1cc(B(O)O)ccc1Cl. The molecule has 1 rings (SSSR count). The van der Waals surface area contributed by atoms with E-state index >= 15 is 0 Å². The van der Waals surface area contributed by atoms with E-state index < -0.39 is 13.1 Å². The second kappa shape index (κ2) is 4.46. The van der Waals surface area contributed by atoms with Crippen LogP contribution in [0, 0.1) is 0 Å². The number of carboxylic acid groups (broad SMARTS) is 1. The molecular weight excluding hydrogens is 206 g/mol. The predicted octanol–water partition coefficient (Wildman–Crippen LogP) is -0.353. The summed E-state index contributed by atoms with van der Waals surface area (Å²) >= 11 is 5.72. The molecule has 0 atom stereocenters. The van der Waals surface area contributed by atoms with Gasteiger partial charge in [-0.25, -0.2) is 0 Å². The number of carbonyl (C=O) groups is 1. The van der Waals surface area contributed by atoms with E-state index in [9.17, 15) is 4.79 Å². The largest absolute Gasteiger partial charge is 0.488 e. The molecule has 0 radical (unpaired) electrons. The molecule has 6 heteroatoms. The van der Waals surface area contributed by atoms with Crippen molar-refractivity contribution in [3.63, 3.8) is 0 Å². The van der Waals surface area contributed by atoms with Gasteiger partial charge in [0, 0.05) is 5.02 Å². The zero-order chi connectivity index (χ0) is 10.7. The van der Waals surface area contributed by atoms with Gasteiger partial charge >= 0.3 is 13.1 Å². The van der Waals surface area contributed by atoms with Crippen molar-refractivity contribution in [1.82, 2.24) is 0 Å². The van der Waals surface area contributed by atoms with E-state index in [2.05, 4.69) is 0 Å². The fourth-order valence-corrected chi connectivity index (χ4v) is 1.24. The number of carboxylic acids is 1. The Hall–Kier alpha value is -1.04. The van der Waals surface area contributed by atoms with Crippen molar-refractivity contribution in [3.05, 3.63) is 28.8 Å². The molecule has 0 unspecified atom stereocenters. The highest BCUT2D eigenvalue weighted by Gasteiger charge is 2.13. The first kappa shape index (κ1) is 11.0. The van der Waals surface area contributed by atoms with Gasteiger partial charge in [-0.15, -0.1) is 0 Å². The Bertz CT molecular complexity index is 353. The third-order valence-corrected chi connectivity index (χ3v) is 2.08. The zero-order valence-corrected chi connectivity index (χ0v) is 7.90. The van der Waals surface area contributed by atoms with Crippen LogP contribution in [0.3, 0.4) is 0 Å². The summed E-state index contributed by atoms with van der Waals surface area (Å²) in [6, 6.07) is 4.23. The molecule has 1 aromatic carbocycles. The molecule has 0 bridgehead atoms. The van der Waals surface area contributed by atoms with E-state index in [0.29, 0.717) is 10.6 Å². The molecule has 3 N–H and O–H groups in total. The first-order chi connectivity index (χ1) is 6.50. The number of hydrogen-bond donors (Lipinski definition) is 3. The fourth-order valence-electron chi connectivity index (χ4n) is 1.05. The van der Waals surface area contributed by atoms with Crippen LogP contribution in [0.2, 0.25) is 5.02 Å². The summed E-state index contributed by atoms with van der Waals surface area (Å²) in [6.45, 7) is 0. The molecule has 0 aliphatic rings. The van der Waals surface area contributed by atoms with Gasteiger partial charge in [-0.2, -0.15) is 0 Å². The lowest BCUT2D eigenvalue weighted by Crippen LogP contribution is -2.30. The molecule has 0 aromatic heterocycles. The topological polar surface area (TPSA) is 77.8 Å². The number of hydrogen-bond acceptors (Lipinski definition) is 3. The van der Waals surface area contributed by atoms with Crippen LogP contribution in [-0.2, 0) is 11.2 Å². The summed E-state index contributed by atoms with van der Waals surface area (Å²) in [5.41, 5.74) is 0.593. The van der Waals surface area contributed by atoms with Crippen molar-refractivity contribution in [1.29, 1.82) is 0 Å². The van der Waals surface area contributed by atoms with Crippen LogP contribution in [0.4, 0.5) is 0 Å². The third-order valence-electron chi connectivity index (χ3n) is 1.71. The minimum absolute atomic E-state index is 0.227. The minimum Gasteiger partial charge on any atom is -0.481 e. The highest BCUT2D eigenvalue weighted by atomic mass is 35.5. The summed E-state index contributed by atoms with van der Waals surface area (Å²) < 4.78 is 0. The molecule has 0 aliphatic heterocycles. The van der Waals surface area contributed by atoms with E-state index in [-0.39, 0.29) is 11.9 Å². The molecule has 14 heavy (non-hydrogen) atoms. The van der Waals surface area contributed by atoms with Gasteiger partial charge in [0.15, 0.2) is 0 Å². The monoisotopic (exact) mass is 214 g/mol. The lowest BCUT2D eigenvalue weighted by Gasteiger charge is -2.04. The summed E-state index contributed by atoms with van der Waals surface area (Å²) in [6.07, 6.45) is -0.237. The minimum atomic E-state index is -1.61. The number of halogens is 1. The predicted molar refractivity (Wildman–Crippen MR) is 52.6 cm³/mol. The molecule has 0 fully saturated rings. The maximum Gasteiger partial charge on any atom is 0.488 e. The standard InChI is InChI=1S/C8H8BClO4/c10-7-2-1-6(9(13)14)3-5(7)4-8(11)12/h1-3,13-14H,4H2,(H,11,12). The molecule has 0 heterocycles. The highest BCUT2D eigenvalue weighted by Crippen LogP contribution is 2.14. The second-order valence-corrected chi connectivity index (χ2v) is 3.20. The van der Waals surface area contributed by atoms with Crippen LogP contribution >= 0.6 is 11.6 Å². The van der Waals surface area contributed by atoms with Crippen LogP contribution in [0.5, 0.6) is 0 Å². The molecule has 0 saturated carbocycles. The van der Waals surface area contributed by atoms with E-state index in [1.165, 1.54) is 18.2 Å². The van der Waals surface area contributed by atoms with E-state index in [1.807, 2.05) is 0 Å². The second-order valence-electron chi connectivity index (χ2n) is 2.80. The molecule has 0 saturated heterocycles. The Balaban J connectivity index is 3.02. The first-order valence-corrected chi connectivity index (χ1v) is 4.24. The molecule has 0 aliphatic carbocycles. The summed E-state index contributed by atoms with van der Waals surface area (Å²) in [5, 5.41) is 26.5. The van der Waals surface area contributed by atoms with Gasteiger partial charge in [-0.1, -0.05) is 23.7 Å². The molecular formula is C8H8BClO4. The Labute approximate surface area is 85.9 Å². The van der Waals surface area contributed by atoms with Gasteiger partial charge in [0.25, 0.3) is 0 Å². The molecule has 4 nitrogen and oxygen atoms in total. The lowest BCUT2D eigenvalue weighted by atomic mass is 9.79. The normalized spacial score (nSPS) is 9.93. The molecule has 1 aromatic rings. The van der Waals surface area contributed by atoms with E-state index in [1.54, 1.807) is 0 Å². The van der Waals surface area contributed by atoms with Crippen molar-refractivity contribution in [3.8, 4) is 0 Å².